The molecule has 0 bridgehead atoms. The Kier molecular flexibility index (Phi) is 3.57. The van der Waals surface area contributed by atoms with Gasteiger partial charge in [-0.2, -0.15) is 0 Å². The fourth-order valence-corrected chi connectivity index (χ4v) is 3.06. The molecular formula is C16H15F2NO2. The number of carboxylic acid groups (broad SMARTS) is 1. The van der Waals surface area contributed by atoms with E-state index < -0.39 is 17.6 Å². The summed E-state index contributed by atoms with van der Waals surface area (Å²) in [7, 11) is 0. The molecule has 1 aromatic carbocycles. The van der Waals surface area contributed by atoms with Crippen molar-refractivity contribution >= 4 is 16.9 Å². The predicted octanol–water partition coefficient (Wildman–Crippen LogP) is 3.87. The molecule has 0 radical (unpaired) electrons. The van der Waals surface area contributed by atoms with Crippen LogP contribution in [0.2, 0.25) is 0 Å². The van der Waals surface area contributed by atoms with Gasteiger partial charge in [-0.25, -0.2) is 13.6 Å². The van der Waals surface area contributed by atoms with Gasteiger partial charge in [0.25, 0.3) is 0 Å². The van der Waals surface area contributed by atoms with Crippen LogP contribution in [0.25, 0.3) is 10.9 Å². The molecule has 3 rings (SSSR count). The molecule has 0 unspecified atom stereocenters. The highest BCUT2D eigenvalue weighted by Crippen LogP contribution is 2.30. The SMILES string of the molecule is O=C(O)c1c2c(nc3cc(F)cc(F)c13)CCCCCC2. The first-order valence-electron chi connectivity index (χ1n) is 7.11. The molecule has 2 aromatic rings. The zero-order chi connectivity index (χ0) is 15.0. The fourth-order valence-electron chi connectivity index (χ4n) is 3.06. The number of fused-ring (bicyclic) bond motifs is 2. The summed E-state index contributed by atoms with van der Waals surface area (Å²) in [5.74, 6) is -2.78. The molecule has 21 heavy (non-hydrogen) atoms. The van der Waals surface area contributed by atoms with E-state index in [1.807, 2.05) is 0 Å². The van der Waals surface area contributed by atoms with Crippen LogP contribution < -0.4 is 0 Å². The fraction of sp³-hybridized carbons (Fsp3) is 0.375. The highest BCUT2D eigenvalue weighted by atomic mass is 19.1. The van der Waals surface area contributed by atoms with Crippen LogP contribution in [-0.4, -0.2) is 16.1 Å². The lowest BCUT2D eigenvalue weighted by Gasteiger charge is -2.17. The van der Waals surface area contributed by atoms with Crippen LogP contribution in [-0.2, 0) is 12.8 Å². The van der Waals surface area contributed by atoms with Crippen LogP contribution >= 0.6 is 0 Å². The summed E-state index contributed by atoms with van der Waals surface area (Å²) in [6.45, 7) is 0. The second-order valence-electron chi connectivity index (χ2n) is 5.41. The second kappa shape index (κ2) is 5.39. The van der Waals surface area contributed by atoms with Gasteiger partial charge in [-0.05, 0) is 31.2 Å². The van der Waals surface area contributed by atoms with Crippen LogP contribution in [0, 0.1) is 11.6 Å². The van der Waals surface area contributed by atoms with Crippen LogP contribution in [0.4, 0.5) is 8.78 Å². The minimum absolute atomic E-state index is 0.0469. The van der Waals surface area contributed by atoms with Gasteiger partial charge in [0.1, 0.15) is 11.6 Å². The number of aromatic carboxylic acids is 1. The van der Waals surface area contributed by atoms with E-state index in [4.69, 9.17) is 0 Å². The summed E-state index contributed by atoms with van der Waals surface area (Å²) in [4.78, 5) is 16.0. The van der Waals surface area contributed by atoms with E-state index in [0.717, 1.165) is 31.7 Å². The molecule has 110 valence electrons. The number of benzene rings is 1. The first-order valence-corrected chi connectivity index (χ1v) is 7.11. The van der Waals surface area contributed by atoms with Crippen LogP contribution in [0.3, 0.4) is 0 Å². The summed E-state index contributed by atoms with van der Waals surface area (Å²) in [6.07, 6.45) is 5.12. The van der Waals surface area contributed by atoms with Gasteiger partial charge in [0.05, 0.1) is 16.5 Å². The summed E-state index contributed by atoms with van der Waals surface area (Å²) in [5, 5.41) is 9.43. The summed E-state index contributed by atoms with van der Waals surface area (Å²) in [5.41, 5.74) is 1.32. The number of carbonyl (C=O) groups is 1. The number of aryl methyl sites for hydroxylation is 1. The Morgan fingerprint density at radius 2 is 1.81 bits per heavy atom. The molecule has 1 heterocycles. The Balaban J connectivity index is 2.37. The molecule has 0 saturated carbocycles. The number of hydrogen-bond acceptors (Lipinski definition) is 2. The molecule has 0 spiro atoms. The Morgan fingerprint density at radius 1 is 1.10 bits per heavy atom. The summed E-state index contributed by atoms with van der Waals surface area (Å²) < 4.78 is 27.5. The first-order chi connectivity index (χ1) is 10.1. The average molecular weight is 291 g/mol. The number of hydrogen-bond donors (Lipinski definition) is 1. The van der Waals surface area contributed by atoms with Crippen molar-refractivity contribution in [1.82, 2.24) is 4.98 Å². The monoisotopic (exact) mass is 291 g/mol. The zero-order valence-corrected chi connectivity index (χ0v) is 11.5. The number of rotatable bonds is 1. The molecule has 1 aromatic heterocycles. The molecule has 0 aliphatic heterocycles. The number of halogens is 2. The van der Waals surface area contributed by atoms with Crippen LogP contribution in [0.1, 0.15) is 47.3 Å². The largest absolute Gasteiger partial charge is 0.478 e. The zero-order valence-electron chi connectivity index (χ0n) is 11.5. The van der Waals surface area contributed by atoms with Gasteiger partial charge in [0, 0.05) is 17.8 Å². The van der Waals surface area contributed by atoms with E-state index in [0.29, 0.717) is 30.2 Å². The molecule has 0 atom stereocenters. The number of carboxylic acids is 1. The highest BCUT2D eigenvalue weighted by molar-refractivity contribution is 6.04. The smallest absolute Gasteiger partial charge is 0.336 e. The molecule has 5 heteroatoms. The Labute approximate surface area is 120 Å². The van der Waals surface area contributed by atoms with Gasteiger partial charge >= 0.3 is 5.97 Å². The maximum atomic E-state index is 14.1. The minimum Gasteiger partial charge on any atom is -0.478 e. The van der Waals surface area contributed by atoms with Gasteiger partial charge in [-0.1, -0.05) is 12.8 Å². The second-order valence-corrected chi connectivity index (χ2v) is 5.41. The van der Waals surface area contributed by atoms with E-state index in [1.54, 1.807) is 0 Å². The van der Waals surface area contributed by atoms with Crippen molar-refractivity contribution in [3.05, 3.63) is 40.6 Å². The summed E-state index contributed by atoms with van der Waals surface area (Å²) in [6, 6.07) is 1.82. The van der Waals surface area contributed by atoms with Crippen LogP contribution in [0.15, 0.2) is 12.1 Å². The van der Waals surface area contributed by atoms with Crippen LogP contribution in [0.5, 0.6) is 0 Å². The standard InChI is InChI=1S/C16H15F2NO2/c17-9-7-11(18)15-13(8-9)19-12-6-4-2-1-3-5-10(12)14(15)16(20)21/h7-8H,1-6H2,(H,20,21). The van der Waals surface area contributed by atoms with E-state index in [2.05, 4.69) is 4.98 Å². The summed E-state index contributed by atoms with van der Waals surface area (Å²) >= 11 is 0. The minimum atomic E-state index is -1.18. The molecule has 1 aliphatic carbocycles. The van der Waals surface area contributed by atoms with E-state index in [-0.39, 0.29) is 16.5 Å². The number of nitrogens with zero attached hydrogens (tertiary/aromatic N) is 1. The molecule has 0 amide bonds. The highest BCUT2D eigenvalue weighted by Gasteiger charge is 2.23. The normalized spacial score (nSPS) is 15.3. The lowest BCUT2D eigenvalue weighted by Crippen LogP contribution is -2.12. The van der Waals surface area contributed by atoms with Crippen molar-refractivity contribution in [3.63, 3.8) is 0 Å². The molecule has 1 N–H and O–H groups in total. The number of pyridine rings is 1. The molecule has 0 saturated heterocycles. The van der Waals surface area contributed by atoms with Crippen molar-refractivity contribution in [1.29, 1.82) is 0 Å². The van der Waals surface area contributed by atoms with Crippen molar-refractivity contribution in [2.45, 2.75) is 38.5 Å². The average Bonchev–Trinajstić information content (AvgIpc) is 2.38. The molecule has 3 nitrogen and oxygen atoms in total. The third kappa shape index (κ3) is 2.48. The topological polar surface area (TPSA) is 50.2 Å². The lowest BCUT2D eigenvalue weighted by atomic mass is 9.91. The van der Waals surface area contributed by atoms with Crippen molar-refractivity contribution in [2.75, 3.05) is 0 Å². The van der Waals surface area contributed by atoms with Crippen molar-refractivity contribution < 1.29 is 18.7 Å². The Bertz CT molecular complexity index is 728. The van der Waals surface area contributed by atoms with Gasteiger partial charge < -0.3 is 5.11 Å². The Morgan fingerprint density at radius 3 is 2.52 bits per heavy atom. The maximum absolute atomic E-state index is 14.1. The van der Waals surface area contributed by atoms with E-state index in [1.165, 1.54) is 0 Å². The van der Waals surface area contributed by atoms with E-state index >= 15 is 0 Å². The maximum Gasteiger partial charge on any atom is 0.336 e. The molecule has 1 aliphatic rings. The van der Waals surface area contributed by atoms with Crippen molar-refractivity contribution in [2.24, 2.45) is 0 Å². The van der Waals surface area contributed by atoms with Gasteiger partial charge in [-0.15, -0.1) is 0 Å². The van der Waals surface area contributed by atoms with Gasteiger partial charge in [-0.3, -0.25) is 4.98 Å². The third-order valence-corrected chi connectivity index (χ3v) is 3.99. The van der Waals surface area contributed by atoms with Gasteiger partial charge in [0.2, 0.25) is 0 Å². The number of aromatic nitrogens is 1. The molecular weight excluding hydrogens is 276 g/mol. The predicted molar refractivity (Wildman–Crippen MR) is 74.5 cm³/mol. The Hall–Kier alpha value is -2.04. The molecule has 0 fully saturated rings. The third-order valence-electron chi connectivity index (χ3n) is 3.99. The quantitative estimate of drug-likeness (QED) is 0.867. The lowest BCUT2D eigenvalue weighted by molar-refractivity contribution is 0.0697. The van der Waals surface area contributed by atoms with Crippen molar-refractivity contribution in [3.8, 4) is 0 Å². The first kappa shape index (κ1) is 13.9. The van der Waals surface area contributed by atoms with Gasteiger partial charge in [0.15, 0.2) is 0 Å². The van der Waals surface area contributed by atoms with E-state index in [9.17, 15) is 18.7 Å².